The maximum Gasteiger partial charge on any atom is 0.227 e. The van der Waals surface area contributed by atoms with Gasteiger partial charge in [-0.1, -0.05) is 26.0 Å². The maximum absolute atomic E-state index is 12.3. The number of benzene rings is 1. The Morgan fingerprint density at radius 3 is 2.78 bits per heavy atom. The summed E-state index contributed by atoms with van der Waals surface area (Å²) in [4.78, 5) is 12.3. The first kappa shape index (κ1) is 15.6. The zero-order valence-electron chi connectivity index (χ0n) is 13.8. The van der Waals surface area contributed by atoms with Crippen molar-refractivity contribution >= 4 is 11.6 Å². The number of nitrogens with one attached hydrogen (secondary N) is 2. The summed E-state index contributed by atoms with van der Waals surface area (Å²) in [6.45, 7) is 4.30. The summed E-state index contributed by atoms with van der Waals surface area (Å²) >= 11 is 0. The first-order valence-corrected chi connectivity index (χ1v) is 8.11. The Hall–Kier alpha value is -2.30. The molecule has 5 heteroatoms. The number of ether oxygens (including phenoxy) is 1. The van der Waals surface area contributed by atoms with Crippen LogP contribution in [0.2, 0.25) is 0 Å². The molecular formula is C18H23N3O2. The number of rotatable bonds is 6. The van der Waals surface area contributed by atoms with Crippen molar-refractivity contribution in [1.82, 2.24) is 10.2 Å². The van der Waals surface area contributed by atoms with E-state index in [9.17, 15) is 4.79 Å². The third-order valence-electron chi connectivity index (χ3n) is 4.01. The van der Waals surface area contributed by atoms with Gasteiger partial charge in [0.15, 0.2) is 0 Å². The Morgan fingerprint density at radius 2 is 2.13 bits per heavy atom. The zero-order chi connectivity index (χ0) is 16.4. The molecule has 0 bridgehead atoms. The van der Waals surface area contributed by atoms with E-state index in [0.717, 1.165) is 47.7 Å². The number of anilines is 1. The molecule has 1 aliphatic carbocycles. The molecule has 1 aliphatic rings. The van der Waals surface area contributed by atoms with Crippen LogP contribution in [-0.4, -0.2) is 23.2 Å². The van der Waals surface area contributed by atoms with E-state index in [4.69, 9.17) is 4.74 Å². The molecule has 1 heterocycles. The SMILES string of the molecule is COc1ccccc1-c1n[nH]c(CC(C)C)c1NC(=O)C1CC1. The van der Waals surface area contributed by atoms with Crippen LogP contribution in [0.25, 0.3) is 11.3 Å². The van der Waals surface area contributed by atoms with Crippen LogP contribution in [0.4, 0.5) is 5.69 Å². The lowest BCUT2D eigenvalue weighted by Crippen LogP contribution is -2.15. The monoisotopic (exact) mass is 313 g/mol. The van der Waals surface area contributed by atoms with Gasteiger partial charge >= 0.3 is 0 Å². The standard InChI is InChI=1S/C18H23N3O2/c1-11(2)10-14-17(19-18(22)12-8-9-12)16(21-20-14)13-6-4-5-7-15(13)23-3/h4-7,11-12H,8-10H2,1-3H3,(H,19,22)(H,20,21). The molecule has 1 fully saturated rings. The number of hydrogen-bond acceptors (Lipinski definition) is 3. The molecular weight excluding hydrogens is 290 g/mol. The number of methoxy groups -OCH3 is 1. The smallest absolute Gasteiger partial charge is 0.227 e. The summed E-state index contributed by atoms with van der Waals surface area (Å²) in [6, 6.07) is 7.73. The molecule has 122 valence electrons. The summed E-state index contributed by atoms with van der Waals surface area (Å²) in [5, 5.41) is 10.6. The van der Waals surface area contributed by atoms with Gasteiger partial charge < -0.3 is 10.1 Å². The minimum Gasteiger partial charge on any atom is -0.496 e. The van der Waals surface area contributed by atoms with Crippen molar-refractivity contribution in [3.63, 3.8) is 0 Å². The molecule has 3 rings (SSSR count). The molecule has 2 aromatic rings. The lowest BCUT2D eigenvalue weighted by atomic mass is 10.0. The second-order valence-electron chi connectivity index (χ2n) is 6.49. The number of nitrogens with zero attached hydrogens (tertiary/aromatic N) is 1. The molecule has 0 unspecified atom stereocenters. The molecule has 1 amide bonds. The summed E-state index contributed by atoms with van der Waals surface area (Å²) < 4.78 is 5.44. The Bertz CT molecular complexity index is 702. The van der Waals surface area contributed by atoms with Crippen molar-refractivity contribution in [3.8, 4) is 17.0 Å². The molecule has 0 radical (unpaired) electrons. The number of aromatic nitrogens is 2. The van der Waals surface area contributed by atoms with Crippen LogP contribution >= 0.6 is 0 Å². The van der Waals surface area contributed by atoms with E-state index < -0.39 is 0 Å². The zero-order valence-corrected chi connectivity index (χ0v) is 13.8. The van der Waals surface area contributed by atoms with E-state index in [-0.39, 0.29) is 11.8 Å². The van der Waals surface area contributed by atoms with Gasteiger partial charge in [-0.25, -0.2) is 0 Å². The van der Waals surface area contributed by atoms with Crippen molar-refractivity contribution in [2.24, 2.45) is 11.8 Å². The third kappa shape index (κ3) is 3.38. The Morgan fingerprint density at radius 1 is 1.39 bits per heavy atom. The summed E-state index contributed by atoms with van der Waals surface area (Å²) in [6.07, 6.45) is 2.79. The Kier molecular flexibility index (Phi) is 4.37. The highest BCUT2D eigenvalue weighted by atomic mass is 16.5. The molecule has 2 N–H and O–H groups in total. The van der Waals surface area contributed by atoms with Gasteiger partial charge in [0.1, 0.15) is 11.4 Å². The van der Waals surface area contributed by atoms with Gasteiger partial charge in [0.2, 0.25) is 5.91 Å². The Labute approximate surface area is 136 Å². The van der Waals surface area contributed by atoms with Crippen LogP contribution in [-0.2, 0) is 11.2 Å². The number of carbonyl (C=O) groups excluding carboxylic acids is 1. The predicted octanol–water partition coefficient (Wildman–Crippen LogP) is 3.63. The normalized spacial score (nSPS) is 14.1. The molecule has 5 nitrogen and oxygen atoms in total. The minimum absolute atomic E-state index is 0.0903. The van der Waals surface area contributed by atoms with E-state index in [1.54, 1.807) is 7.11 Å². The van der Waals surface area contributed by atoms with E-state index in [0.29, 0.717) is 5.92 Å². The van der Waals surface area contributed by atoms with E-state index >= 15 is 0 Å². The fourth-order valence-corrected chi connectivity index (χ4v) is 2.67. The lowest BCUT2D eigenvalue weighted by molar-refractivity contribution is -0.117. The van der Waals surface area contributed by atoms with Crippen molar-refractivity contribution in [3.05, 3.63) is 30.0 Å². The minimum atomic E-state index is 0.0903. The third-order valence-corrected chi connectivity index (χ3v) is 4.01. The largest absolute Gasteiger partial charge is 0.496 e. The van der Waals surface area contributed by atoms with Crippen LogP contribution < -0.4 is 10.1 Å². The summed E-state index contributed by atoms with van der Waals surface area (Å²) in [5.41, 5.74) is 3.38. The van der Waals surface area contributed by atoms with Crippen molar-refractivity contribution < 1.29 is 9.53 Å². The van der Waals surface area contributed by atoms with Crippen molar-refractivity contribution in [1.29, 1.82) is 0 Å². The van der Waals surface area contributed by atoms with Gasteiger partial charge in [0.25, 0.3) is 0 Å². The van der Waals surface area contributed by atoms with Crippen LogP contribution in [0.3, 0.4) is 0 Å². The predicted molar refractivity (Wildman–Crippen MR) is 90.5 cm³/mol. The van der Waals surface area contributed by atoms with Gasteiger partial charge in [0.05, 0.1) is 18.5 Å². The summed E-state index contributed by atoms with van der Waals surface area (Å²) in [7, 11) is 1.64. The average Bonchev–Trinajstić information content (AvgIpc) is 3.32. The molecule has 0 saturated heterocycles. The van der Waals surface area contributed by atoms with Crippen molar-refractivity contribution in [2.45, 2.75) is 33.1 Å². The maximum atomic E-state index is 12.3. The topological polar surface area (TPSA) is 67.0 Å². The average molecular weight is 313 g/mol. The quantitative estimate of drug-likeness (QED) is 0.855. The second-order valence-corrected chi connectivity index (χ2v) is 6.49. The molecule has 1 aromatic heterocycles. The number of aromatic amines is 1. The van der Waals surface area contributed by atoms with Crippen LogP contribution in [0.15, 0.2) is 24.3 Å². The highest BCUT2D eigenvalue weighted by Crippen LogP contribution is 2.37. The molecule has 0 atom stereocenters. The van der Waals surface area contributed by atoms with E-state index in [1.165, 1.54) is 0 Å². The molecule has 23 heavy (non-hydrogen) atoms. The molecule has 0 aliphatic heterocycles. The van der Waals surface area contributed by atoms with E-state index in [1.807, 2.05) is 24.3 Å². The number of amides is 1. The number of carbonyl (C=O) groups is 1. The number of H-pyrrole nitrogens is 1. The fraction of sp³-hybridized carbons (Fsp3) is 0.444. The second kappa shape index (κ2) is 6.44. The van der Waals surface area contributed by atoms with Gasteiger partial charge in [-0.3, -0.25) is 9.89 Å². The molecule has 1 saturated carbocycles. The van der Waals surface area contributed by atoms with Crippen molar-refractivity contribution in [2.75, 3.05) is 12.4 Å². The van der Waals surface area contributed by atoms with Crippen LogP contribution in [0.1, 0.15) is 32.4 Å². The highest BCUT2D eigenvalue weighted by Gasteiger charge is 2.31. The van der Waals surface area contributed by atoms with Gasteiger partial charge in [-0.05, 0) is 37.3 Å². The lowest BCUT2D eigenvalue weighted by Gasteiger charge is -2.11. The molecule has 1 aromatic carbocycles. The number of hydrogen-bond donors (Lipinski definition) is 2. The summed E-state index contributed by atoms with van der Waals surface area (Å²) in [5.74, 6) is 1.46. The fourth-order valence-electron chi connectivity index (χ4n) is 2.67. The van der Waals surface area contributed by atoms with Crippen LogP contribution in [0.5, 0.6) is 5.75 Å². The number of para-hydroxylation sites is 1. The van der Waals surface area contributed by atoms with Gasteiger partial charge in [-0.2, -0.15) is 5.10 Å². The van der Waals surface area contributed by atoms with E-state index in [2.05, 4.69) is 29.4 Å². The highest BCUT2D eigenvalue weighted by molar-refractivity contribution is 5.98. The van der Waals surface area contributed by atoms with Crippen LogP contribution in [0, 0.1) is 11.8 Å². The Balaban J connectivity index is 2.01. The van der Waals surface area contributed by atoms with Gasteiger partial charge in [0, 0.05) is 11.5 Å². The molecule has 0 spiro atoms. The first-order valence-electron chi connectivity index (χ1n) is 8.11. The first-order chi connectivity index (χ1) is 11.1. The van der Waals surface area contributed by atoms with Gasteiger partial charge in [-0.15, -0.1) is 0 Å².